The first-order chi connectivity index (χ1) is 19.8. The molecule has 0 amide bonds. The Hall–Kier alpha value is -3.57. The third-order valence-corrected chi connectivity index (χ3v) is 7.98. The minimum Gasteiger partial charge on any atom is -0.489 e. The lowest BCUT2D eigenvalue weighted by molar-refractivity contribution is -0.137. The molecule has 0 N–H and O–H groups in total. The molecule has 5 heteroatoms. The molecule has 0 atom stereocenters. The highest BCUT2D eigenvalue weighted by Crippen LogP contribution is 2.38. The molecule has 1 aliphatic heterocycles. The fraction of sp³-hybridized carbons (Fsp3) is 0.333. The number of alkyl halides is 3. The Labute approximate surface area is 241 Å². The molecule has 0 saturated carbocycles. The van der Waals surface area contributed by atoms with Gasteiger partial charge in [-0.15, -0.1) is 0 Å². The molecular formula is C36H38F3NO. The van der Waals surface area contributed by atoms with E-state index in [1.807, 2.05) is 50.2 Å². The second-order valence-corrected chi connectivity index (χ2v) is 11.2. The van der Waals surface area contributed by atoms with E-state index in [0.717, 1.165) is 72.2 Å². The molecule has 1 heterocycles. The Kier molecular flexibility index (Phi) is 9.14. The lowest BCUT2D eigenvalue weighted by Crippen LogP contribution is -2.29. The van der Waals surface area contributed by atoms with Gasteiger partial charge in [-0.05, 0) is 98.1 Å². The number of aryl methyl sites for hydroxylation is 1. The first-order valence-corrected chi connectivity index (χ1v) is 14.6. The molecule has 3 aromatic carbocycles. The van der Waals surface area contributed by atoms with Crippen molar-refractivity contribution in [2.75, 3.05) is 13.1 Å². The molecule has 0 radical (unpaired) electrons. The Morgan fingerprint density at radius 2 is 1.66 bits per heavy atom. The summed E-state index contributed by atoms with van der Waals surface area (Å²) in [5, 5.41) is 0. The molecule has 2 nitrogen and oxygen atoms in total. The maximum Gasteiger partial charge on any atom is 0.417 e. The number of likely N-dealkylation sites (tertiary alicyclic amines) is 1. The summed E-state index contributed by atoms with van der Waals surface area (Å²) in [6.07, 6.45) is 10.7. The number of hydrogen-bond acceptors (Lipinski definition) is 2. The van der Waals surface area contributed by atoms with Gasteiger partial charge in [0, 0.05) is 12.1 Å². The molecule has 3 aromatic rings. The van der Waals surface area contributed by atoms with Crippen molar-refractivity contribution in [3.05, 3.63) is 117 Å². The summed E-state index contributed by atoms with van der Waals surface area (Å²) < 4.78 is 49.6. The van der Waals surface area contributed by atoms with Gasteiger partial charge in [0.25, 0.3) is 0 Å². The van der Waals surface area contributed by atoms with Crippen molar-refractivity contribution in [3.63, 3.8) is 0 Å². The van der Waals surface area contributed by atoms with E-state index in [1.54, 1.807) is 18.2 Å². The average molecular weight is 558 g/mol. The van der Waals surface area contributed by atoms with Gasteiger partial charge >= 0.3 is 6.18 Å². The Bertz CT molecular complexity index is 1460. The van der Waals surface area contributed by atoms with E-state index >= 15 is 0 Å². The minimum absolute atomic E-state index is 0.112. The maximum atomic E-state index is 14.4. The normalized spacial score (nSPS) is 16.3. The van der Waals surface area contributed by atoms with Crippen LogP contribution < -0.4 is 4.74 Å². The van der Waals surface area contributed by atoms with Crippen LogP contribution >= 0.6 is 0 Å². The molecule has 0 bridgehead atoms. The van der Waals surface area contributed by atoms with Crippen LogP contribution in [0.1, 0.15) is 76.6 Å². The number of ether oxygens (including phenoxy) is 1. The van der Waals surface area contributed by atoms with Crippen LogP contribution in [0.4, 0.5) is 13.2 Å². The smallest absolute Gasteiger partial charge is 0.417 e. The van der Waals surface area contributed by atoms with Crippen LogP contribution in [0.25, 0.3) is 17.7 Å². The minimum atomic E-state index is -4.49. The summed E-state index contributed by atoms with van der Waals surface area (Å²) >= 11 is 0. The van der Waals surface area contributed by atoms with E-state index in [1.165, 1.54) is 12.5 Å². The second-order valence-electron chi connectivity index (χ2n) is 11.2. The number of nitrogens with zero attached hydrogens (tertiary/aromatic N) is 1. The number of hydrogen-bond donors (Lipinski definition) is 0. The Balaban J connectivity index is 1.51. The highest BCUT2D eigenvalue weighted by molar-refractivity contribution is 5.81. The third kappa shape index (κ3) is 7.39. The number of halogens is 3. The van der Waals surface area contributed by atoms with Gasteiger partial charge in [0.15, 0.2) is 0 Å². The Morgan fingerprint density at radius 1 is 0.878 bits per heavy atom. The molecule has 5 rings (SSSR count). The van der Waals surface area contributed by atoms with Crippen LogP contribution in [0.3, 0.4) is 0 Å². The molecule has 1 fully saturated rings. The first-order valence-electron chi connectivity index (χ1n) is 14.6. The summed E-state index contributed by atoms with van der Waals surface area (Å²) in [6.45, 7) is 6.57. The summed E-state index contributed by atoms with van der Waals surface area (Å²) in [6, 6.07) is 16.9. The summed E-state index contributed by atoms with van der Waals surface area (Å²) in [7, 11) is 0. The zero-order valence-corrected chi connectivity index (χ0v) is 23.9. The molecule has 2 aliphatic rings. The van der Waals surface area contributed by atoms with E-state index in [4.69, 9.17) is 4.74 Å². The predicted molar refractivity (Wildman–Crippen MR) is 163 cm³/mol. The number of rotatable bonds is 8. The van der Waals surface area contributed by atoms with Gasteiger partial charge in [0.05, 0.1) is 5.56 Å². The topological polar surface area (TPSA) is 12.5 Å². The zero-order chi connectivity index (χ0) is 28.8. The molecular weight excluding hydrogens is 519 g/mol. The van der Waals surface area contributed by atoms with Gasteiger partial charge in [-0.25, -0.2) is 0 Å². The molecule has 0 aromatic heterocycles. The van der Waals surface area contributed by atoms with Crippen LogP contribution in [-0.4, -0.2) is 18.0 Å². The van der Waals surface area contributed by atoms with Crippen LogP contribution in [0, 0.1) is 13.8 Å². The van der Waals surface area contributed by atoms with Crippen molar-refractivity contribution in [3.8, 4) is 5.75 Å². The molecule has 0 spiro atoms. The van der Waals surface area contributed by atoms with Gasteiger partial charge in [-0.2, -0.15) is 13.2 Å². The van der Waals surface area contributed by atoms with Crippen LogP contribution in [0.15, 0.2) is 72.8 Å². The largest absolute Gasteiger partial charge is 0.489 e. The monoisotopic (exact) mass is 557 g/mol. The van der Waals surface area contributed by atoms with E-state index < -0.39 is 11.7 Å². The Morgan fingerprint density at radius 3 is 2.39 bits per heavy atom. The van der Waals surface area contributed by atoms with Crippen molar-refractivity contribution in [2.45, 2.75) is 65.3 Å². The molecule has 1 aliphatic carbocycles. The van der Waals surface area contributed by atoms with Crippen molar-refractivity contribution in [1.29, 1.82) is 0 Å². The van der Waals surface area contributed by atoms with Crippen molar-refractivity contribution >= 4 is 17.7 Å². The summed E-state index contributed by atoms with van der Waals surface area (Å²) in [5.74, 6) is 0.507. The fourth-order valence-electron chi connectivity index (χ4n) is 5.74. The standard InChI is InChI=1S/C36H38F3NO/c1-26-11-9-12-28(21-26)25-41-35-23-31(34(36(37,38)39)22-32(35)24-40-19-7-4-8-20-40)18-17-29-15-10-16-33(27(29)2)30-13-5-3-6-14-30/h5,9-18,21-23H,3-4,6-8,19-20,24-25H2,1-2H3/b18-17+. The van der Waals surface area contributed by atoms with E-state index in [0.29, 0.717) is 24.5 Å². The van der Waals surface area contributed by atoms with Gasteiger partial charge in [0.2, 0.25) is 0 Å². The highest BCUT2D eigenvalue weighted by Gasteiger charge is 2.34. The van der Waals surface area contributed by atoms with Gasteiger partial charge in [0.1, 0.15) is 12.4 Å². The molecule has 0 unspecified atom stereocenters. The van der Waals surface area contributed by atoms with E-state index in [2.05, 4.69) is 29.2 Å². The zero-order valence-electron chi connectivity index (χ0n) is 23.9. The molecule has 1 saturated heterocycles. The van der Waals surface area contributed by atoms with Crippen LogP contribution in [0.2, 0.25) is 0 Å². The van der Waals surface area contributed by atoms with Crippen LogP contribution in [-0.2, 0) is 19.3 Å². The van der Waals surface area contributed by atoms with Gasteiger partial charge in [-0.1, -0.05) is 84.8 Å². The summed E-state index contributed by atoms with van der Waals surface area (Å²) in [5.41, 5.74) is 6.39. The highest BCUT2D eigenvalue weighted by atomic mass is 19.4. The first kappa shape index (κ1) is 28.9. The van der Waals surface area contributed by atoms with E-state index in [-0.39, 0.29) is 5.56 Å². The maximum absolute atomic E-state index is 14.4. The van der Waals surface area contributed by atoms with E-state index in [9.17, 15) is 13.2 Å². The number of allylic oxidation sites excluding steroid dienone is 4. The predicted octanol–water partition coefficient (Wildman–Crippen LogP) is 9.79. The lowest BCUT2D eigenvalue weighted by atomic mass is 9.92. The molecule has 214 valence electrons. The second kappa shape index (κ2) is 12.9. The average Bonchev–Trinajstić information content (AvgIpc) is 2.96. The summed E-state index contributed by atoms with van der Waals surface area (Å²) in [4.78, 5) is 2.23. The van der Waals surface area contributed by atoms with Gasteiger partial charge in [-0.3, -0.25) is 4.90 Å². The van der Waals surface area contributed by atoms with Crippen LogP contribution in [0.5, 0.6) is 5.75 Å². The SMILES string of the molecule is Cc1cccc(COc2cc(/C=C/c3cccc(C4=CCCC=C4)c3C)c(C(F)(F)F)cc2CN2CCCCC2)c1. The van der Waals surface area contributed by atoms with Crippen molar-refractivity contribution < 1.29 is 17.9 Å². The van der Waals surface area contributed by atoms with Crippen molar-refractivity contribution in [1.82, 2.24) is 4.90 Å². The van der Waals surface area contributed by atoms with Crippen molar-refractivity contribution in [2.24, 2.45) is 0 Å². The third-order valence-electron chi connectivity index (χ3n) is 7.98. The van der Waals surface area contributed by atoms with Gasteiger partial charge < -0.3 is 4.74 Å². The lowest BCUT2D eigenvalue weighted by Gasteiger charge is -2.28. The quantitative estimate of drug-likeness (QED) is 0.256. The number of piperidine rings is 1. The number of benzene rings is 3. The fourth-order valence-corrected chi connectivity index (χ4v) is 5.74. The molecule has 41 heavy (non-hydrogen) atoms.